The number of aromatic nitrogens is 1. The van der Waals surface area contributed by atoms with Crippen molar-refractivity contribution in [2.45, 2.75) is 13.8 Å². The number of hydrogen-bond donors (Lipinski definition) is 0. The molecule has 1 aromatic carbocycles. The number of rotatable bonds is 3. The number of benzene rings is 1. The first-order valence-corrected chi connectivity index (χ1v) is 9.56. The van der Waals surface area contributed by atoms with Crippen LogP contribution < -0.4 is 0 Å². The van der Waals surface area contributed by atoms with Crippen LogP contribution in [0.15, 0.2) is 53.1 Å². The molecule has 1 fully saturated rings. The molecule has 144 valence electrons. The van der Waals surface area contributed by atoms with Gasteiger partial charge in [0.1, 0.15) is 5.69 Å². The fourth-order valence-electron chi connectivity index (χ4n) is 3.57. The zero-order chi connectivity index (χ0) is 19.7. The molecule has 6 heteroatoms. The number of pyridine rings is 1. The fraction of sp³-hybridized carbons (Fsp3) is 0.318. The minimum Gasteiger partial charge on any atom is -0.463 e. The maximum atomic E-state index is 13.3. The Balaban J connectivity index is 1.63. The lowest BCUT2D eigenvalue weighted by molar-refractivity contribution is -0.135. The SMILES string of the molecule is CC(C)C(=O)N1CCN(C(=O)c2cc(-c3ccco3)nc3ccccc23)CC1. The van der Waals surface area contributed by atoms with Gasteiger partial charge in [0.05, 0.1) is 17.3 Å². The molecule has 0 atom stereocenters. The van der Waals surface area contributed by atoms with Crippen LogP contribution in [0.1, 0.15) is 24.2 Å². The monoisotopic (exact) mass is 377 g/mol. The molecule has 0 aliphatic carbocycles. The van der Waals surface area contributed by atoms with Gasteiger partial charge in [0, 0.05) is 37.5 Å². The van der Waals surface area contributed by atoms with Crippen LogP contribution >= 0.6 is 0 Å². The Hall–Kier alpha value is -3.15. The molecule has 28 heavy (non-hydrogen) atoms. The molecule has 3 aromatic rings. The van der Waals surface area contributed by atoms with Gasteiger partial charge >= 0.3 is 0 Å². The second kappa shape index (κ2) is 7.46. The third kappa shape index (κ3) is 3.38. The van der Waals surface area contributed by atoms with E-state index in [2.05, 4.69) is 4.98 Å². The molecule has 0 N–H and O–H groups in total. The average molecular weight is 377 g/mol. The molecular formula is C22H23N3O3. The predicted molar refractivity (Wildman–Crippen MR) is 107 cm³/mol. The zero-order valence-corrected chi connectivity index (χ0v) is 16.1. The van der Waals surface area contributed by atoms with Gasteiger partial charge in [-0.3, -0.25) is 9.59 Å². The molecule has 0 bridgehead atoms. The summed E-state index contributed by atoms with van der Waals surface area (Å²) in [4.78, 5) is 33.8. The summed E-state index contributed by atoms with van der Waals surface area (Å²) in [6, 6.07) is 13.1. The summed E-state index contributed by atoms with van der Waals surface area (Å²) < 4.78 is 5.48. The van der Waals surface area contributed by atoms with E-state index in [1.165, 1.54) is 0 Å². The highest BCUT2D eigenvalue weighted by molar-refractivity contribution is 6.07. The maximum absolute atomic E-state index is 13.3. The fourth-order valence-corrected chi connectivity index (χ4v) is 3.57. The van der Waals surface area contributed by atoms with Crippen molar-refractivity contribution in [1.29, 1.82) is 0 Å². The van der Waals surface area contributed by atoms with E-state index < -0.39 is 0 Å². The van der Waals surface area contributed by atoms with Gasteiger partial charge in [0.2, 0.25) is 5.91 Å². The maximum Gasteiger partial charge on any atom is 0.254 e. The molecule has 3 heterocycles. The number of hydrogen-bond acceptors (Lipinski definition) is 4. The number of furan rings is 1. The van der Waals surface area contributed by atoms with Crippen LogP contribution in [0.3, 0.4) is 0 Å². The Morgan fingerprint density at radius 3 is 2.39 bits per heavy atom. The first kappa shape index (κ1) is 18.2. The molecule has 0 unspecified atom stereocenters. The number of piperazine rings is 1. The van der Waals surface area contributed by atoms with E-state index in [4.69, 9.17) is 4.42 Å². The van der Waals surface area contributed by atoms with Gasteiger partial charge in [0.15, 0.2) is 5.76 Å². The third-order valence-electron chi connectivity index (χ3n) is 5.09. The van der Waals surface area contributed by atoms with E-state index in [0.717, 1.165) is 10.9 Å². The first-order chi connectivity index (χ1) is 13.5. The summed E-state index contributed by atoms with van der Waals surface area (Å²) in [5, 5.41) is 0.823. The Bertz CT molecular complexity index is 1000. The van der Waals surface area contributed by atoms with Gasteiger partial charge in [-0.2, -0.15) is 0 Å². The molecule has 0 spiro atoms. The van der Waals surface area contributed by atoms with Crippen LogP contribution in [0.4, 0.5) is 0 Å². The highest BCUT2D eigenvalue weighted by Crippen LogP contribution is 2.26. The summed E-state index contributed by atoms with van der Waals surface area (Å²) >= 11 is 0. The highest BCUT2D eigenvalue weighted by Gasteiger charge is 2.27. The van der Waals surface area contributed by atoms with Gasteiger partial charge < -0.3 is 14.2 Å². The lowest BCUT2D eigenvalue weighted by Crippen LogP contribution is -2.51. The van der Waals surface area contributed by atoms with Crippen molar-refractivity contribution in [3.05, 3.63) is 54.3 Å². The van der Waals surface area contributed by atoms with E-state index in [-0.39, 0.29) is 17.7 Å². The molecule has 0 radical (unpaired) electrons. The predicted octanol–water partition coefficient (Wildman–Crippen LogP) is 3.44. The standard InChI is InChI=1S/C22H23N3O3/c1-15(2)21(26)24-9-11-25(12-10-24)22(27)17-14-19(20-8-5-13-28-20)23-18-7-4-3-6-16(17)18/h3-8,13-15H,9-12H2,1-2H3. The topological polar surface area (TPSA) is 66.7 Å². The van der Waals surface area contributed by atoms with E-state index in [0.29, 0.717) is 43.2 Å². The second-order valence-corrected chi connectivity index (χ2v) is 7.32. The number of carbonyl (C=O) groups is 2. The van der Waals surface area contributed by atoms with Crippen LogP contribution in [-0.2, 0) is 4.79 Å². The van der Waals surface area contributed by atoms with Crippen LogP contribution in [0.2, 0.25) is 0 Å². The molecule has 1 aliphatic heterocycles. The average Bonchev–Trinajstić information content (AvgIpc) is 3.27. The molecule has 2 aromatic heterocycles. The van der Waals surface area contributed by atoms with E-state index in [1.807, 2.05) is 54.0 Å². The van der Waals surface area contributed by atoms with Crippen LogP contribution in [0, 0.1) is 5.92 Å². The number of amides is 2. The summed E-state index contributed by atoms with van der Waals surface area (Å²) in [6.07, 6.45) is 1.60. The summed E-state index contributed by atoms with van der Waals surface area (Å²) in [5.74, 6) is 0.707. The number of para-hydroxylation sites is 1. The van der Waals surface area contributed by atoms with Crippen molar-refractivity contribution in [2.75, 3.05) is 26.2 Å². The second-order valence-electron chi connectivity index (χ2n) is 7.32. The van der Waals surface area contributed by atoms with Gasteiger partial charge in [-0.1, -0.05) is 32.0 Å². The summed E-state index contributed by atoms with van der Waals surface area (Å²) in [7, 11) is 0. The first-order valence-electron chi connectivity index (χ1n) is 9.56. The van der Waals surface area contributed by atoms with Gasteiger partial charge in [-0.05, 0) is 24.3 Å². The Labute approximate surface area is 163 Å². The van der Waals surface area contributed by atoms with E-state index >= 15 is 0 Å². The minimum absolute atomic E-state index is 0.0257. The van der Waals surface area contributed by atoms with Gasteiger partial charge in [-0.25, -0.2) is 4.98 Å². The number of fused-ring (bicyclic) bond motifs is 1. The molecule has 1 aliphatic rings. The van der Waals surface area contributed by atoms with Crippen molar-refractivity contribution < 1.29 is 14.0 Å². The minimum atomic E-state index is -0.0388. The number of carbonyl (C=O) groups excluding carboxylic acids is 2. The molecule has 1 saturated heterocycles. The molecule has 4 rings (SSSR count). The molecule has 0 saturated carbocycles. The van der Waals surface area contributed by atoms with Crippen LogP contribution in [0.5, 0.6) is 0 Å². The lowest BCUT2D eigenvalue weighted by Gasteiger charge is -2.35. The van der Waals surface area contributed by atoms with E-state index in [9.17, 15) is 9.59 Å². The van der Waals surface area contributed by atoms with Crippen molar-refractivity contribution in [1.82, 2.24) is 14.8 Å². The quantitative estimate of drug-likeness (QED) is 0.701. The lowest BCUT2D eigenvalue weighted by atomic mass is 10.0. The molecular weight excluding hydrogens is 354 g/mol. The number of nitrogens with zero attached hydrogens (tertiary/aromatic N) is 3. The van der Waals surface area contributed by atoms with E-state index in [1.54, 1.807) is 18.4 Å². The van der Waals surface area contributed by atoms with Crippen molar-refractivity contribution in [2.24, 2.45) is 5.92 Å². The Morgan fingerprint density at radius 2 is 1.71 bits per heavy atom. The van der Waals surface area contributed by atoms with Crippen LogP contribution in [0.25, 0.3) is 22.4 Å². The van der Waals surface area contributed by atoms with Crippen molar-refractivity contribution in [3.63, 3.8) is 0 Å². The Kier molecular flexibility index (Phi) is 4.86. The molecule has 2 amide bonds. The largest absolute Gasteiger partial charge is 0.463 e. The summed E-state index contributed by atoms with van der Waals surface area (Å²) in [6.45, 7) is 6.00. The van der Waals surface area contributed by atoms with Gasteiger partial charge in [0.25, 0.3) is 5.91 Å². The highest BCUT2D eigenvalue weighted by atomic mass is 16.3. The third-order valence-corrected chi connectivity index (χ3v) is 5.09. The molecule has 6 nitrogen and oxygen atoms in total. The van der Waals surface area contributed by atoms with Gasteiger partial charge in [-0.15, -0.1) is 0 Å². The van der Waals surface area contributed by atoms with Crippen molar-refractivity contribution >= 4 is 22.7 Å². The zero-order valence-electron chi connectivity index (χ0n) is 16.1. The van der Waals surface area contributed by atoms with Crippen LogP contribution in [-0.4, -0.2) is 52.8 Å². The smallest absolute Gasteiger partial charge is 0.254 e. The summed E-state index contributed by atoms with van der Waals surface area (Å²) in [5.41, 5.74) is 2.01. The van der Waals surface area contributed by atoms with Crippen molar-refractivity contribution in [3.8, 4) is 11.5 Å². The Morgan fingerprint density at radius 1 is 1.00 bits per heavy atom. The normalized spacial score (nSPS) is 14.7.